The fourth-order valence-corrected chi connectivity index (χ4v) is 3.19. The first-order valence-electron chi connectivity index (χ1n) is 6.13. The Morgan fingerprint density at radius 3 is 1.95 bits per heavy atom. The molecule has 2 rings (SSSR count). The Morgan fingerprint density at radius 1 is 0.895 bits per heavy atom. The molecule has 0 aliphatic heterocycles. The quantitative estimate of drug-likeness (QED) is 0.819. The Balaban J connectivity index is 2.00. The van der Waals surface area contributed by atoms with Crippen molar-refractivity contribution in [3.05, 3.63) is 71.8 Å². The predicted molar refractivity (Wildman–Crippen MR) is 76.1 cm³/mol. The van der Waals surface area contributed by atoms with Crippen molar-refractivity contribution in [3.8, 4) is 0 Å². The molecule has 0 heterocycles. The van der Waals surface area contributed by atoms with Gasteiger partial charge in [0.25, 0.3) is 0 Å². The van der Waals surface area contributed by atoms with Crippen molar-refractivity contribution in [1.82, 2.24) is 0 Å². The molecule has 0 aliphatic rings. The first-order chi connectivity index (χ1) is 9.22. The van der Waals surface area contributed by atoms with Gasteiger partial charge in [0, 0.05) is 0 Å². The highest BCUT2D eigenvalue weighted by molar-refractivity contribution is 7.57. The number of hydrogen-bond acceptors (Lipinski definition) is 3. The van der Waals surface area contributed by atoms with Crippen LogP contribution in [0.25, 0.3) is 0 Å². The van der Waals surface area contributed by atoms with Gasteiger partial charge in [-0.05, 0) is 11.1 Å². The van der Waals surface area contributed by atoms with Crippen LogP contribution in [0.15, 0.2) is 60.7 Å². The van der Waals surface area contributed by atoms with Gasteiger partial charge in [-0.15, -0.1) is 0 Å². The summed E-state index contributed by atoms with van der Waals surface area (Å²) < 4.78 is 17.9. The third-order valence-electron chi connectivity index (χ3n) is 2.79. The molecule has 0 aromatic heterocycles. The van der Waals surface area contributed by atoms with Gasteiger partial charge in [0.05, 0.1) is 12.8 Å². The summed E-state index contributed by atoms with van der Waals surface area (Å²) in [6, 6.07) is 19.0. The van der Waals surface area contributed by atoms with Gasteiger partial charge in [-0.2, -0.15) is 0 Å². The van der Waals surface area contributed by atoms with Crippen LogP contribution in [-0.4, -0.2) is 11.5 Å². The predicted octanol–water partition coefficient (Wildman–Crippen LogP) is 3.63. The number of aliphatic hydroxyl groups is 1. The third kappa shape index (κ3) is 4.32. The molecule has 0 radical (unpaired) electrons. The van der Waals surface area contributed by atoms with E-state index in [4.69, 9.17) is 4.52 Å². The van der Waals surface area contributed by atoms with Gasteiger partial charge in [0.2, 0.25) is 7.37 Å². The van der Waals surface area contributed by atoms with Crippen molar-refractivity contribution in [2.24, 2.45) is 0 Å². The van der Waals surface area contributed by atoms with Crippen molar-refractivity contribution in [2.45, 2.75) is 12.8 Å². The van der Waals surface area contributed by atoms with Crippen LogP contribution >= 0.6 is 7.37 Å². The smallest absolute Gasteiger partial charge is 0.232 e. The van der Waals surface area contributed by atoms with Crippen molar-refractivity contribution < 1.29 is 14.2 Å². The van der Waals surface area contributed by atoms with E-state index in [0.717, 1.165) is 11.1 Å². The summed E-state index contributed by atoms with van der Waals surface area (Å²) in [6.07, 6.45) is -0.175. The van der Waals surface area contributed by atoms with E-state index in [2.05, 4.69) is 0 Å². The zero-order valence-corrected chi connectivity index (χ0v) is 11.5. The molecular formula is C15H17O3P. The molecule has 0 bridgehead atoms. The highest BCUT2D eigenvalue weighted by atomic mass is 31.2. The van der Waals surface area contributed by atoms with Crippen LogP contribution in [-0.2, 0) is 21.9 Å². The molecule has 1 unspecified atom stereocenters. The summed E-state index contributed by atoms with van der Waals surface area (Å²) in [7, 11) is -3.03. The molecule has 100 valence electrons. The largest absolute Gasteiger partial charge is 0.386 e. The first-order valence-corrected chi connectivity index (χ1v) is 8.13. The molecule has 0 amide bonds. The van der Waals surface area contributed by atoms with Gasteiger partial charge in [0.15, 0.2) is 0 Å². The lowest BCUT2D eigenvalue weighted by molar-refractivity contribution is 0.264. The molecule has 1 atom stereocenters. The SMILES string of the molecule is O=P(CO)(Cc1ccccc1)OCc1ccccc1. The number of aliphatic hydroxyl groups excluding tert-OH is 1. The van der Waals surface area contributed by atoms with Gasteiger partial charge in [-0.1, -0.05) is 60.7 Å². The van der Waals surface area contributed by atoms with Crippen LogP contribution in [0.2, 0.25) is 0 Å². The van der Waals surface area contributed by atoms with Crippen molar-refractivity contribution in [3.63, 3.8) is 0 Å². The Labute approximate surface area is 113 Å². The Bertz CT molecular complexity index is 540. The minimum Gasteiger partial charge on any atom is -0.386 e. The molecular weight excluding hydrogens is 259 g/mol. The normalized spacial score (nSPS) is 13.9. The van der Waals surface area contributed by atoms with Crippen molar-refractivity contribution >= 4 is 7.37 Å². The summed E-state index contributed by atoms with van der Waals surface area (Å²) in [4.78, 5) is 0. The molecule has 2 aromatic rings. The minimum absolute atomic E-state index is 0.255. The minimum atomic E-state index is -3.03. The summed E-state index contributed by atoms with van der Waals surface area (Å²) >= 11 is 0. The van der Waals surface area contributed by atoms with E-state index in [1.54, 1.807) is 0 Å². The Hall–Kier alpha value is -1.41. The Morgan fingerprint density at radius 2 is 1.42 bits per heavy atom. The second-order valence-corrected chi connectivity index (χ2v) is 6.85. The molecule has 4 heteroatoms. The summed E-state index contributed by atoms with van der Waals surface area (Å²) in [5, 5.41) is 9.34. The number of hydrogen-bond donors (Lipinski definition) is 1. The monoisotopic (exact) mass is 276 g/mol. The van der Waals surface area contributed by atoms with Gasteiger partial charge in [-0.3, -0.25) is 4.57 Å². The van der Waals surface area contributed by atoms with Crippen LogP contribution in [0.4, 0.5) is 0 Å². The molecule has 0 saturated carbocycles. The fraction of sp³-hybridized carbons (Fsp3) is 0.200. The molecule has 0 fully saturated rings. The third-order valence-corrected chi connectivity index (χ3v) is 4.67. The maximum Gasteiger partial charge on any atom is 0.232 e. The molecule has 3 nitrogen and oxygen atoms in total. The van der Waals surface area contributed by atoms with E-state index in [0.29, 0.717) is 0 Å². The molecule has 2 aromatic carbocycles. The average Bonchev–Trinajstić information content (AvgIpc) is 2.47. The van der Waals surface area contributed by atoms with Crippen LogP contribution in [0, 0.1) is 0 Å². The molecule has 0 spiro atoms. The topological polar surface area (TPSA) is 46.5 Å². The first kappa shape index (κ1) is 14.0. The standard InChI is InChI=1S/C15H17O3P/c16-13-19(17,12-15-9-5-2-6-10-15)18-11-14-7-3-1-4-8-14/h1-10,16H,11-13H2. The van der Waals surface area contributed by atoms with E-state index in [9.17, 15) is 9.67 Å². The molecule has 19 heavy (non-hydrogen) atoms. The maximum absolute atomic E-state index is 12.5. The number of benzene rings is 2. The number of rotatable bonds is 6. The van der Waals surface area contributed by atoms with Crippen LogP contribution in [0.5, 0.6) is 0 Å². The van der Waals surface area contributed by atoms with Crippen LogP contribution in [0.3, 0.4) is 0 Å². The second kappa shape index (κ2) is 6.67. The van der Waals surface area contributed by atoms with E-state index < -0.39 is 13.7 Å². The average molecular weight is 276 g/mol. The van der Waals surface area contributed by atoms with Crippen LogP contribution < -0.4 is 0 Å². The van der Waals surface area contributed by atoms with E-state index in [1.165, 1.54) is 0 Å². The van der Waals surface area contributed by atoms with Crippen molar-refractivity contribution in [1.29, 1.82) is 0 Å². The fourth-order valence-electron chi connectivity index (χ4n) is 1.76. The second-order valence-electron chi connectivity index (χ2n) is 4.36. The molecule has 0 aliphatic carbocycles. The molecule has 1 N–H and O–H groups in total. The zero-order valence-electron chi connectivity index (χ0n) is 10.6. The van der Waals surface area contributed by atoms with Crippen LogP contribution in [0.1, 0.15) is 11.1 Å². The Kier molecular flexibility index (Phi) is 4.92. The van der Waals surface area contributed by atoms with E-state index in [-0.39, 0.29) is 12.8 Å². The lowest BCUT2D eigenvalue weighted by Crippen LogP contribution is -1.99. The van der Waals surface area contributed by atoms with E-state index in [1.807, 2.05) is 60.7 Å². The maximum atomic E-state index is 12.5. The summed E-state index contributed by atoms with van der Waals surface area (Å²) in [5.74, 6) is 0. The molecule has 0 saturated heterocycles. The summed E-state index contributed by atoms with van der Waals surface area (Å²) in [5.41, 5.74) is 1.86. The van der Waals surface area contributed by atoms with Gasteiger partial charge in [-0.25, -0.2) is 0 Å². The van der Waals surface area contributed by atoms with Gasteiger partial charge >= 0.3 is 0 Å². The van der Waals surface area contributed by atoms with Crippen molar-refractivity contribution in [2.75, 3.05) is 6.35 Å². The highest BCUT2D eigenvalue weighted by Crippen LogP contribution is 2.49. The van der Waals surface area contributed by atoms with Gasteiger partial charge in [0.1, 0.15) is 6.35 Å². The summed E-state index contributed by atoms with van der Waals surface area (Å²) in [6.45, 7) is 0.255. The zero-order chi connectivity index (χ0) is 13.6. The lowest BCUT2D eigenvalue weighted by Gasteiger charge is -2.16. The van der Waals surface area contributed by atoms with Gasteiger partial charge < -0.3 is 9.63 Å². The van der Waals surface area contributed by atoms with E-state index >= 15 is 0 Å². The highest BCUT2D eigenvalue weighted by Gasteiger charge is 2.22. The lowest BCUT2D eigenvalue weighted by atomic mass is 10.2.